The van der Waals surface area contributed by atoms with Gasteiger partial charge in [0, 0.05) is 11.0 Å². The van der Waals surface area contributed by atoms with Crippen molar-refractivity contribution < 1.29 is 4.39 Å². The van der Waals surface area contributed by atoms with E-state index in [0.29, 0.717) is 12.1 Å². The van der Waals surface area contributed by atoms with Gasteiger partial charge in [0.2, 0.25) is 0 Å². The van der Waals surface area contributed by atoms with Crippen LogP contribution in [-0.2, 0) is 0 Å². The summed E-state index contributed by atoms with van der Waals surface area (Å²) in [6.45, 7) is 0. The Hall–Kier alpha value is -1.29. The fourth-order valence-electron chi connectivity index (χ4n) is 3.28. The van der Waals surface area contributed by atoms with E-state index in [9.17, 15) is 4.39 Å². The van der Waals surface area contributed by atoms with Crippen molar-refractivity contribution in [2.45, 2.75) is 37.8 Å². The second-order valence-electron chi connectivity index (χ2n) is 5.33. The third kappa shape index (κ3) is 1.81. The minimum absolute atomic E-state index is 0.173. The summed E-state index contributed by atoms with van der Waals surface area (Å²) in [5.41, 5.74) is 2.08. The average Bonchev–Trinajstić information content (AvgIpc) is 2.97. The van der Waals surface area contributed by atoms with E-state index in [0.717, 1.165) is 16.4 Å². The molecule has 1 aromatic rings. The fraction of sp³-hybridized carbons (Fsp3) is 0.400. The predicted octanol–water partition coefficient (Wildman–Crippen LogP) is 3.85. The molecule has 0 N–H and O–H groups in total. The molecule has 19 heavy (non-hydrogen) atoms. The molecule has 2 atom stereocenters. The highest BCUT2D eigenvalue weighted by molar-refractivity contribution is 8.16. The highest BCUT2D eigenvalue weighted by atomic mass is 32.2. The first kappa shape index (κ1) is 11.5. The zero-order chi connectivity index (χ0) is 12.8. The van der Waals surface area contributed by atoms with Gasteiger partial charge in [-0.2, -0.15) is 0 Å². The number of halogens is 1. The second-order valence-corrected chi connectivity index (χ2v) is 6.17. The highest BCUT2D eigenvalue weighted by Crippen LogP contribution is 2.43. The van der Waals surface area contributed by atoms with Crippen LogP contribution < -0.4 is 0 Å². The predicted molar refractivity (Wildman–Crippen MR) is 77.3 cm³/mol. The maximum Gasteiger partial charge on any atom is 0.168 e. The summed E-state index contributed by atoms with van der Waals surface area (Å²) in [6.07, 6.45) is 4.96. The van der Waals surface area contributed by atoms with E-state index >= 15 is 0 Å². The van der Waals surface area contributed by atoms with Crippen LogP contribution in [0.5, 0.6) is 0 Å². The van der Waals surface area contributed by atoms with Crippen molar-refractivity contribution in [3.8, 4) is 0 Å². The van der Waals surface area contributed by atoms with Crippen LogP contribution in [-0.4, -0.2) is 22.2 Å². The third-order valence-corrected chi connectivity index (χ3v) is 5.02. The number of fused-ring (bicyclic) bond motifs is 3. The molecule has 2 aliphatic heterocycles. The number of thioether (sulfide) groups is 1. The van der Waals surface area contributed by atoms with Crippen LogP contribution in [0.15, 0.2) is 34.7 Å². The molecular weight excluding hydrogens is 259 g/mol. The molecule has 3 aliphatic rings. The summed E-state index contributed by atoms with van der Waals surface area (Å²) in [7, 11) is 0. The van der Waals surface area contributed by atoms with Crippen molar-refractivity contribution in [2.75, 3.05) is 0 Å². The van der Waals surface area contributed by atoms with E-state index in [1.807, 2.05) is 6.07 Å². The number of aliphatic imine (C=N–C) groups is 1. The molecule has 2 nitrogen and oxygen atoms in total. The van der Waals surface area contributed by atoms with Gasteiger partial charge in [-0.3, -0.25) is 4.99 Å². The Bertz CT molecular complexity index is 581. The van der Waals surface area contributed by atoms with Gasteiger partial charge in [-0.1, -0.05) is 36.7 Å². The molecule has 4 rings (SSSR count). The first-order valence-corrected chi connectivity index (χ1v) is 7.71. The van der Waals surface area contributed by atoms with Gasteiger partial charge in [0.05, 0.1) is 17.8 Å². The van der Waals surface area contributed by atoms with Crippen LogP contribution in [0.25, 0.3) is 5.70 Å². The molecule has 98 valence electrons. The molecule has 0 bridgehead atoms. The van der Waals surface area contributed by atoms with Crippen LogP contribution in [0.1, 0.15) is 31.2 Å². The molecule has 0 spiro atoms. The molecule has 0 amide bonds. The maximum absolute atomic E-state index is 13.4. The first-order chi connectivity index (χ1) is 9.33. The number of nitrogens with zero attached hydrogens (tertiary/aromatic N) is 2. The summed E-state index contributed by atoms with van der Waals surface area (Å²) in [4.78, 5) is 7.17. The van der Waals surface area contributed by atoms with Crippen molar-refractivity contribution in [1.82, 2.24) is 4.90 Å². The van der Waals surface area contributed by atoms with E-state index in [4.69, 9.17) is 4.99 Å². The third-order valence-electron chi connectivity index (χ3n) is 4.16. The van der Waals surface area contributed by atoms with Crippen molar-refractivity contribution in [3.63, 3.8) is 0 Å². The lowest BCUT2D eigenvalue weighted by Crippen LogP contribution is -2.38. The van der Waals surface area contributed by atoms with Crippen LogP contribution in [0.3, 0.4) is 0 Å². The topological polar surface area (TPSA) is 15.6 Å². The van der Waals surface area contributed by atoms with Crippen LogP contribution in [0.2, 0.25) is 0 Å². The van der Waals surface area contributed by atoms with Gasteiger partial charge in [-0.25, -0.2) is 4.39 Å². The smallest absolute Gasteiger partial charge is 0.168 e. The Morgan fingerprint density at radius 3 is 3.05 bits per heavy atom. The minimum Gasteiger partial charge on any atom is -0.315 e. The van der Waals surface area contributed by atoms with Crippen LogP contribution in [0, 0.1) is 5.82 Å². The molecule has 1 saturated carbocycles. The van der Waals surface area contributed by atoms with Gasteiger partial charge in [0.25, 0.3) is 0 Å². The molecule has 2 heterocycles. The van der Waals surface area contributed by atoms with Gasteiger partial charge < -0.3 is 4.90 Å². The molecule has 1 fully saturated rings. The van der Waals surface area contributed by atoms with Crippen LogP contribution in [0.4, 0.5) is 4.39 Å². The lowest BCUT2D eigenvalue weighted by molar-refractivity contribution is 0.305. The van der Waals surface area contributed by atoms with E-state index in [1.54, 1.807) is 23.9 Å². The van der Waals surface area contributed by atoms with E-state index in [-0.39, 0.29) is 5.82 Å². The summed E-state index contributed by atoms with van der Waals surface area (Å²) in [5.74, 6) is -0.173. The molecule has 0 unspecified atom stereocenters. The van der Waals surface area contributed by atoms with Gasteiger partial charge in [0.15, 0.2) is 5.17 Å². The lowest BCUT2D eigenvalue weighted by atomic mass is 9.90. The molecule has 0 radical (unpaired) electrons. The molecule has 4 heteroatoms. The Morgan fingerprint density at radius 2 is 2.16 bits per heavy atom. The fourth-order valence-corrected chi connectivity index (χ4v) is 4.29. The largest absolute Gasteiger partial charge is 0.315 e. The zero-order valence-electron chi connectivity index (χ0n) is 10.6. The number of hydrogen-bond donors (Lipinski definition) is 0. The Balaban J connectivity index is 1.70. The van der Waals surface area contributed by atoms with E-state index in [2.05, 4.69) is 10.3 Å². The van der Waals surface area contributed by atoms with Crippen molar-refractivity contribution in [2.24, 2.45) is 4.99 Å². The monoisotopic (exact) mass is 274 g/mol. The number of amidine groups is 1. The quantitative estimate of drug-likeness (QED) is 0.773. The van der Waals surface area contributed by atoms with Gasteiger partial charge in [0.1, 0.15) is 5.82 Å². The number of rotatable bonds is 1. The van der Waals surface area contributed by atoms with Crippen molar-refractivity contribution in [1.29, 1.82) is 0 Å². The van der Waals surface area contributed by atoms with Crippen LogP contribution >= 0.6 is 11.8 Å². The molecule has 1 aromatic carbocycles. The summed E-state index contributed by atoms with van der Waals surface area (Å²) < 4.78 is 13.4. The van der Waals surface area contributed by atoms with E-state index < -0.39 is 0 Å². The van der Waals surface area contributed by atoms with Gasteiger partial charge in [-0.05, 0) is 25.0 Å². The van der Waals surface area contributed by atoms with Gasteiger partial charge >= 0.3 is 0 Å². The minimum atomic E-state index is -0.173. The molecule has 1 aliphatic carbocycles. The number of hydrogen-bond acceptors (Lipinski definition) is 3. The Kier molecular flexibility index (Phi) is 2.65. The Labute approximate surface area is 116 Å². The standard InChI is InChI=1S/C15H15FN2S/c16-11-5-3-4-10(8-11)14-9-19-15-17-12-6-1-2-7-13(12)18(14)15/h3-5,8-9,12-13H,1-2,6-7H2/t12-,13+/m0/s1. The SMILES string of the molecule is Fc1cccc(C2=CSC3=N[C@H]4CCCC[C@H]4N23)c1. The summed E-state index contributed by atoms with van der Waals surface area (Å²) >= 11 is 1.68. The maximum atomic E-state index is 13.4. The van der Waals surface area contributed by atoms with Gasteiger partial charge in [-0.15, -0.1) is 0 Å². The zero-order valence-corrected chi connectivity index (χ0v) is 11.4. The summed E-state index contributed by atoms with van der Waals surface area (Å²) in [5, 5.41) is 3.22. The average molecular weight is 274 g/mol. The molecular formula is C15H15FN2S. The first-order valence-electron chi connectivity index (χ1n) is 6.83. The van der Waals surface area contributed by atoms with E-state index in [1.165, 1.54) is 31.7 Å². The Morgan fingerprint density at radius 1 is 1.26 bits per heavy atom. The van der Waals surface area contributed by atoms with Crippen molar-refractivity contribution >= 4 is 22.6 Å². The number of benzene rings is 1. The molecule has 0 saturated heterocycles. The highest BCUT2D eigenvalue weighted by Gasteiger charge is 2.42. The molecule has 0 aromatic heterocycles. The lowest BCUT2D eigenvalue weighted by Gasteiger charge is -2.32. The summed E-state index contributed by atoms with van der Waals surface area (Å²) in [6, 6.07) is 7.82. The van der Waals surface area contributed by atoms with Crippen molar-refractivity contribution in [3.05, 3.63) is 41.1 Å². The normalized spacial score (nSPS) is 28.8. The second kappa shape index (κ2) is 4.37.